The monoisotopic (exact) mass is 367 g/mol. The lowest BCUT2D eigenvalue weighted by molar-refractivity contribution is -0.154. The Bertz CT molecular complexity index is 844. The number of nitriles is 1. The molecular formula is C19H17N3O5. The van der Waals surface area contributed by atoms with Crippen molar-refractivity contribution in [3.05, 3.63) is 42.0 Å². The summed E-state index contributed by atoms with van der Waals surface area (Å²) in [6.07, 6.45) is 4.70. The number of fused-ring (bicyclic) bond motifs is 1. The summed E-state index contributed by atoms with van der Waals surface area (Å²) in [6, 6.07) is 8.23. The van der Waals surface area contributed by atoms with E-state index >= 15 is 0 Å². The Morgan fingerprint density at radius 2 is 1.85 bits per heavy atom. The summed E-state index contributed by atoms with van der Waals surface area (Å²) >= 11 is 0. The van der Waals surface area contributed by atoms with E-state index in [0.29, 0.717) is 24.1 Å². The van der Waals surface area contributed by atoms with Crippen LogP contribution < -0.4 is 5.32 Å². The van der Waals surface area contributed by atoms with Gasteiger partial charge in [0.15, 0.2) is 6.61 Å². The molecule has 1 aliphatic heterocycles. The van der Waals surface area contributed by atoms with Crippen LogP contribution in [0.25, 0.3) is 0 Å². The third-order valence-electron chi connectivity index (χ3n) is 4.53. The van der Waals surface area contributed by atoms with Gasteiger partial charge in [0.25, 0.3) is 5.91 Å². The summed E-state index contributed by atoms with van der Waals surface area (Å²) in [6.45, 7) is -1.05. The van der Waals surface area contributed by atoms with Gasteiger partial charge in [0.05, 0.1) is 23.5 Å². The maximum absolute atomic E-state index is 12.3. The molecular weight excluding hydrogens is 350 g/mol. The predicted octanol–water partition coefficient (Wildman–Crippen LogP) is 0.991. The lowest BCUT2D eigenvalue weighted by Crippen LogP contribution is -2.37. The molecule has 3 rings (SSSR count). The van der Waals surface area contributed by atoms with Gasteiger partial charge in [-0.3, -0.25) is 24.1 Å². The number of benzene rings is 1. The average molecular weight is 367 g/mol. The van der Waals surface area contributed by atoms with Crippen molar-refractivity contribution in [2.75, 3.05) is 18.5 Å². The van der Waals surface area contributed by atoms with Crippen LogP contribution in [0.1, 0.15) is 18.4 Å². The SMILES string of the molecule is N#Cc1cccc(NC(=O)COC(=O)CN2C(=O)[C@H]3CC=CC[C@@H]3C2=O)c1. The van der Waals surface area contributed by atoms with Gasteiger partial charge in [0, 0.05) is 5.69 Å². The standard InChI is InChI=1S/C19H17N3O5/c20-9-12-4-3-5-13(8-12)21-16(23)11-27-17(24)10-22-18(25)14-6-1-2-7-15(14)19(22)26/h1-5,8,14-15H,6-7,10-11H2,(H,21,23)/t14-,15-/m0/s1. The Balaban J connectivity index is 1.49. The minimum Gasteiger partial charge on any atom is -0.454 e. The van der Waals surface area contributed by atoms with Gasteiger partial charge in [0.1, 0.15) is 6.54 Å². The van der Waals surface area contributed by atoms with Crippen molar-refractivity contribution in [1.82, 2.24) is 4.90 Å². The predicted molar refractivity (Wildman–Crippen MR) is 92.8 cm³/mol. The number of allylic oxidation sites excluding steroid dienone is 2. The molecule has 0 unspecified atom stereocenters. The number of rotatable bonds is 5. The highest BCUT2D eigenvalue weighted by molar-refractivity contribution is 6.07. The second kappa shape index (κ2) is 7.83. The number of ether oxygens (including phenoxy) is 1. The zero-order chi connectivity index (χ0) is 19.4. The molecule has 2 atom stereocenters. The van der Waals surface area contributed by atoms with Crippen LogP contribution in [0, 0.1) is 23.2 Å². The van der Waals surface area contributed by atoms with Crippen LogP contribution in [0.15, 0.2) is 36.4 Å². The molecule has 1 saturated heterocycles. The van der Waals surface area contributed by atoms with Crippen molar-refractivity contribution >= 4 is 29.4 Å². The van der Waals surface area contributed by atoms with E-state index in [2.05, 4.69) is 5.32 Å². The van der Waals surface area contributed by atoms with Crippen molar-refractivity contribution in [2.24, 2.45) is 11.8 Å². The molecule has 1 N–H and O–H groups in total. The van der Waals surface area contributed by atoms with Crippen molar-refractivity contribution < 1.29 is 23.9 Å². The van der Waals surface area contributed by atoms with Gasteiger partial charge in [0.2, 0.25) is 11.8 Å². The maximum atomic E-state index is 12.3. The summed E-state index contributed by atoms with van der Waals surface area (Å²) < 4.78 is 4.87. The van der Waals surface area contributed by atoms with E-state index in [9.17, 15) is 19.2 Å². The quantitative estimate of drug-likeness (QED) is 0.471. The maximum Gasteiger partial charge on any atom is 0.326 e. The number of hydrogen-bond donors (Lipinski definition) is 1. The molecule has 0 aromatic heterocycles. The van der Waals surface area contributed by atoms with Gasteiger partial charge in [-0.2, -0.15) is 5.26 Å². The van der Waals surface area contributed by atoms with Crippen LogP contribution in [-0.2, 0) is 23.9 Å². The highest BCUT2D eigenvalue weighted by atomic mass is 16.5. The molecule has 1 heterocycles. The van der Waals surface area contributed by atoms with Crippen LogP contribution in [-0.4, -0.2) is 41.7 Å². The van der Waals surface area contributed by atoms with Crippen molar-refractivity contribution in [1.29, 1.82) is 5.26 Å². The first-order valence-electron chi connectivity index (χ1n) is 8.45. The number of carbonyl (C=O) groups excluding carboxylic acids is 4. The number of likely N-dealkylation sites (tertiary alicyclic amines) is 1. The summed E-state index contributed by atoms with van der Waals surface area (Å²) in [5, 5.41) is 11.3. The smallest absolute Gasteiger partial charge is 0.326 e. The molecule has 138 valence electrons. The van der Waals surface area contributed by atoms with Gasteiger partial charge in [-0.15, -0.1) is 0 Å². The molecule has 3 amide bonds. The van der Waals surface area contributed by atoms with E-state index in [1.165, 1.54) is 6.07 Å². The molecule has 2 aliphatic rings. The lowest BCUT2D eigenvalue weighted by Gasteiger charge is -2.14. The third-order valence-corrected chi connectivity index (χ3v) is 4.53. The summed E-state index contributed by atoms with van der Waals surface area (Å²) in [4.78, 5) is 49.3. The number of imide groups is 1. The fourth-order valence-corrected chi connectivity index (χ4v) is 3.21. The van der Waals surface area contributed by atoms with E-state index in [1.807, 2.05) is 18.2 Å². The van der Waals surface area contributed by atoms with Crippen molar-refractivity contribution in [3.63, 3.8) is 0 Å². The number of anilines is 1. The van der Waals surface area contributed by atoms with Crippen LogP contribution >= 0.6 is 0 Å². The molecule has 27 heavy (non-hydrogen) atoms. The topological polar surface area (TPSA) is 117 Å². The van der Waals surface area contributed by atoms with Gasteiger partial charge < -0.3 is 10.1 Å². The van der Waals surface area contributed by atoms with Crippen LogP contribution in [0.2, 0.25) is 0 Å². The largest absolute Gasteiger partial charge is 0.454 e. The zero-order valence-electron chi connectivity index (χ0n) is 14.4. The fourth-order valence-electron chi connectivity index (χ4n) is 3.21. The Kier molecular flexibility index (Phi) is 5.31. The summed E-state index contributed by atoms with van der Waals surface area (Å²) in [7, 11) is 0. The molecule has 1 aromatic carbocycles. The Labute approximate surface area is 155 Å². The molecule has 1 aromatic rings. The molecule has 0 spiro atoms. The molecule has 8 heteroatoms. The number of hydrogen-bond acceptors (Lipinski definition) is 6. The van der Waals surface area contributed by atoms with Gasteiger partial charge in [-0.25, -0.2) is 0 Å². The highest BCUT2D eigenvalue weighted by Gasteiger charge is 2.47. The van der Waals surface area contributed by atoms with Crippen LogP contribution in [0.3, 0.4) is 0 Å². The van der Waals surface area contributed by atoms with E-state index in [1.54, 1.807) is 18.2 Å². The Morgan fingerprint density at radius 1 is 1.19 bits per heavy atom. The highest BCUT2D eigenvalue weighted by Crippen LogP contribution is 2.34. The summed E-state index contributed by atoms with van der Waals surface area (Å²) in [5.41, 5.74) is 0.781. The average Bonchev–Trinajstić information content (AvgIpc) is 2.92. The number of nitrogens with one attached hydrogen (secondary N) is 1. The normalized spacial score (nSPS) is 20.8. The van der Waals surface area contributed by atoms with E-state index in [-0.39, 0.29) is 11.8 Å². The molecule has 0 saturated carbocycles. The minimum absolute atomic E-state index is 0.371. The summed E-state index contributed by atoms with van der Waals surface area (Å²) in [5.74, 6) is -2.98. The fraction of sp³-hybridized carbons (Fsp3) is 0.316. The first kappa shape index (κ1) is 18.3. The second-order valence-corrected chi connectivity index (χ2v) is 6.32. The zero-order valence-corrected chi connectivity index (χ0v) is 14.4. The minimum atomic E-state index is -0.829. The Hall–Kier alpha value is -3.47. The van der Waals surface area contributed by atoms with Gasteiger partial charge in [-0.05, 0) is 31.0 Å². The lowest BCUT2D eigenvalue weighted by atomic mass is 9.85. The van der Waals surface area contributed by atoms with Crippen LogP contribution in [0.5, 0.6) is 0 Å². The van der Waals surface area contributed by atoms with E-state index < -0.39 is 36.9 Å². The second-order valence-electron chi connectivity index (χ2n) is 6.32. The first-order chi connectivity index (χ1) is 13.0. The number of amides is 3. The molecule has 1 fully saturated rings. The number of carbonyl (C=O) groups is 4. The van der Waals surface area contributed by atoms with Crippen LogP contribution in [0.4, 0.5) is 5.69 Å². The third kappa shape index (κ3) is 4.03. The molecule has 8 nitrogen and oxygen atoms in total. The molecule has 0 bridgehead atoms. The van der Waals surface area contributed by atoms with E-state index in [4.69, 9.17) is 10.00 Å². The van der Waals surface area contributed by atoms with E-state index in [0.717, 1.165) is 4.90 Å². The number of nitrogens with zero attached hydrogens (tertiary/aromatic N) is 2. The van der Waals surface area contributed by atoms with Gasteiger partial charge in [-0.1, -0.05) is 18.2 Å². The molecule has 0 radical (unpaired) electrons. The molecule has 1 aliphatic carbocycles. The van der Waals surface area contributed by atoms with Crippen molar-refractivity contribution in [3.8, 4) is 6.07 Å². The first-order valence-corrected chi connectivity index (χ1v) is 8.45. The van der Waals surface area contributed by atoms with Crippen molar-refractivity contribution in [2.45, 2.75) is 12.8 Å². The number of esters is 1. The van der Waals surface area contributed by atoms with Gasteiger partial charge >= 0.3 is 5.97 Å². The Morgan fingerprint density at radius 3 is 2.48 bits per heavy atom.